The van der Waals surface area contributed by atoms with Crippen molar-refractivity contribution in [3.05, 3.63) is 30.1 Å². The van der Waals surface area contributed by atoms with Crippen LogP contribution in [0.5, 0.6) is 0 Å². The van der Waals surface area contributed by atoms with Gasteiger partial charge in [-0.15, -0.1) is 0 Å². The van der Waals surface area contributed by atoms with Crippen LogP contribution >= 0.6 is 0 Å². The second kappa shape index (κ2) is 7.08. The Hall–Kier alpha value is -1.84. The first-order chi connectivity index (χ1) is 9.77. The van der Waals surface area contributed by atoms with Gasteiger partial charge in [-0.25, -0.2) is 4.98 Å². The van der Waals surface area contributed by atoms with Crippen molar-refractivity contribution in [2.24, 2.45) is 0 Å². The number of ether oxygens (including phenoxy) is 1. The van der Waals surface area contributed by atoms with Crippen LogP contribution in [0.1, 0.15) is 51.0 Å². The Labute approximate surface area is 119 Å². The summed E-state index contributed by atoms with van der Waals surface area (Å²) in [5.41, 5.74) is 1.83. The first-order valence-corrected chi connectivity index (χ1v) is 7.36. The van der Waals surface area contributed by atoms with Gasteiger partial charge in [0.25, 0.3) is 0 Å². The van der Waals surface area contributed by atoms with E-state index in [0.29, 0.717) is 6.61 Å². The van der Waals surface area contributed by atoms with Crippen LogP contribution in [0.3, 0.4) is 0 Å². The number of hydrogen-bond donors (Lipinski definition) is 1. The molecule has 0 radical (unpaired) electrons. The fourth-order valence-electron chi connectivity index (χ4n) is 2.51. The van der Waals surface area contributed by atoms with Crippen molar-refractivity contribution in [1.82, 2.24) is 9.97 Å². The lowest BCUT2D eigenvalue weighted by atomic mass is 9.93. The predicted octanol–water partition coefficient (Wildman–Crippen LogP) is 3.79. The molecule has 108 valence electrons. The van der Waals surface area contributed by atoms with E-state index in [0.717, 1.165) is 42.3 Å². The molecule has 0 aromatic carbocycles. The van der Waals surface area contributed by atoms with Crippen molar-refractivity contribution in [3.8, 4) is 0 Å². The monoisotopic (exact) mass is 274 g/mol. The molecule has 0 bridgehead atoms. The average Bonchev–Trinajstić information content (AvgIpc) is 2.88. The molecule has 2 aromatic heterocycles. The Bertz CT molecular complexity index is 562. The van der Waals surface area contributed by atoms with Crippen molar-refractivity contribution in [3.63, 3.8) is 0 Å². The minimum absolute atomic E-state index is 0.131. The molecule has 0 fully saturated rings. The Morgan fingerprint density at radius 3 is 3.00 bits per heavy atom. The number of carbonyl (C=O) groups is 1. The van der Waals surface area contributed by atoms with E-state index in [2.05, 4.69) is 16.9 Å². The number of H-pyrrole nitrogens is 1. The second-order valence-electron chi connectivity index (χ2n) is 4.94. The lowest BCUT2D eigenvalue weighted by Gasteiger charge is -2.14. The van der Waals surface area contributed by atoms with E-state index < -0.39 is 0 Å². The molecule has 2 aromatic rings. The zero-order valence-corrected chi connectivity index (χ0v) is 12.2. The zero-order chi connectivity index (χ0) is 14.4. The van der Waals surface area contributed by atoms with E-state index in [4.69, 9.17) is 4.74 Å². The zero-order valence-electron chi connectivity index (χ0n) is 12.2. The SMILES string of the molecule is CCCCCC(C(=O)OCC)c1c[nH]c2ncccc12. The third-order valence-corrected chi connectivity index (χ3v) is 3.53. The van der Waals surface area contributed by atoms with Crippen LogP contribution < -0.4 is 0 Å². The molecule has 1 atom stereocenters. The smallest absolute Gasteiger partial charge is 0.313 e. The molecule has 0 aliphatic rings. The highest BCUT2D eigenvalue weighted by molar-refractivity contribution is 5.88. The van der Waals surface area contributed by atoms with Crippen LogP contribution in [0.15, 0.2) is 24.5 Å². The van der Waals surface area contributed by atoms with Crippen LogP contribution in [0, 0.1) is 0 Å². The summed E-state index contributed by atoms with van der Waals surface area (Å²) in [7, 11) is 0. The summed E-state index contributed by atoms with van der Waals surface area (Å²) in [6.07, 6.45) is 7.78. The van der Waals surface area contributed by atoms with Gasteiger partial charge in [0.2, 0.25) is 0 Å². The number of hydrogen-bond acceptors (Lipinski definition) is 3. The molecule has 0 saturated heterocycles. The molecule has 20 heavy (non-hydrogen) atoms. The maximum Gasteiger partial charge on any atom is 0.313 e. The largest absolute Gasteiger partial charge is 0.466 e. The molecule has 0 amide bonds. The van der Waals surface area contributed by atoms with E-state index in [1.807, 2.05) is 25.3 Å². The van der Waals surface area contributed by atoms with E-state index in [9.17, 15) is 4.79 Å². The summed E-state index contributed by atoms with van der Waals surface area (Å²) in [5, 5.41) is 1.02. The average molecular weight is 274 g/mol. The Morgan fingerprint density at radius 2 is 2.25 bits per heavy atom. The van der Waals surface area contributed by atoms with Crippen molar-refractivity contribution in [2.45, 2.75) is 45.4 Å². The van der Waals surface area contributed by atoms with E-state index >= 15 is 0 Å². The van der Waals surface area contributed by atoms with Gasteiger partial charge >= 0.3 is 5.97 Å². The molecule has 2 rings (SSSR count). The maximum absolute atomic E-state index is 12.2. The van der Waals surface area contributed by atoms with Gasteiger partial charge in [0.05, 0.1) is 12.5 Å². The molecular formula is C16H22N2O2. The first-order valence-electron chi connectivity index (χ1n) is 7.36. The van der Waals surface area contributed by atoms with E-state index in [-0.39, 0.29) is 11.9 Å². The molecule has 4 nitrogen and oxygen atoms in total. The summed E-state index contributed by atoms with van der Waals surface area (Å²) in [6.45, 7) is 4.43. The minimum atomic E-state index is -0.195. The quantitative estimate of drug-likeness (QED) is 0.617. The highest BCUT2D eigenvalue weighted by atomic mass is 16.5. The number of aromatic amines is 1. The topological polar surface area (TPSA) is 55.0 Å². The molecule has 0 aliphatic carbocycles. The molecule has 4 heteroatoms. The van der Waals surface area contributed by atoms with Gasteiger partial charge in [-0.1, -0.05) is 26.2 Å². The molecular weight excluding hydrogens is 252 g/mol. The summed E-state index contributed by atoms with van der Waals surface area (Å²) in [6, 6.07) is 3.90. The van der Waals surface area contributed by atoms with Crippen molar-refractivity contribution in [2.75, 3.05) is 6.61 Å². The standard InChI is InChI=1S/C16H22N2O2/c1-3-5-6-8-13(16(19)20-4-2)14-11-18-15-12(14)9-7-10-17-15/h7,9-11,13H,3-6,8H2,1-2H3,(H,17,18). The summed E-state index contributed by atoms with van der Waals surface area (Å²) in [4.78, 5) is 19.6. The second-order valence-corrected chi connectivity index (χ2v) is 4.94. The van der Waals surface area contributed by atoms with Crippen LogP contribution in [0.2, 0.25) is 0 Å². The van der Waals surface area contributed by atoms with Gasteiger partial charge in [-0.3, -0.25) is 4.79 Å². The molecule has 0 saturated carbocycles. The van der Waals surface area contributed by atoms with Gasteiger partial charge < -0.3 is 9.72 Å². The minimum Gasteiger partial charge on any atom is -0.466 e. The van der Waals surface area contributed by atoms with E-state index in [1.54, 1.807) is 6.20 Å². The number of carbonyl (C=O) groups excluding carboxylic acids is 1. The van der Waals surface area contributed by atoms with Crippen LogP contribution in [-0.2, 0) is 9.53 Å². The Kier molecular flexibility index (Phi) is 5.16. The number of fused-ring (bicyclic) bond motifs is 1. The highest BCUT2D eigenvalue weighted by Crippen LogP contribution is 2.29. The van der Waals surface area contributed by atoms with Gasteiger partial charge in [-0.2, -0.15) is 0 Å². The number of pyridine rings is 1. The lowest BCUT2D eigenvalue weighted by Crippen LogP contribution is -2.16. The Morgan fingerprint density at radius 1 is 1.40 bits per heavy atom. The van der Waals surface area contributed by atoms with Gasteiger partial charge in [0.1, 0.15) is 5.65 Å². The molecule has 1 unspecified atom stereocenters. The number of nitrogens with one attached hydrogen (secondary N) is 1. The summed E-state index contributed by atoms with van der Waals surface area (Å²) < 4.78 is 5.23. The van der Waals surface area contributed by atoms with Crippen LogP contribution in [0.25, 0.3) is 11.0 Å². The van der Waals surface area contributed by atoms with Gasteiger partial charge in [-0.05, 0) is 31.0 Å². The summed E-state index contributed by atoms with van der Waals surface area (Å²) >= 11 is 0. The van der Waals surface area contributed by atoms with Gasteiger partial charge in [0, 0.05) is 17.8 Å². The normalized spacial score (nSPS) is 12.5. The van der Waals surface area contributed by atoms with Crippen molar-refractivity contribution in [1.29, 1.82) is 0 Å². The fraction of sp³-hybridized carbons (Fsp3) is 0.500. The third-order valence-electron chi connectivity index (χ3n) is 3.53. The van der Waals surface area contributed by atoms with Crippen molar-refractivity contribution >= 4 is 17.0 Å². The summed E-state index contributed by atoms with van der Waals surface area (Å²) in [5.74, 6) is -0.326. The van der Waals surface area contributed by atoms with E-state index in [1.165, 1.54) is 0 Å². The highest BCUT2D eigenvalue weighted by Gasteiger charge is 2.24. The lowest BCUT2D eigenvalue weighted by molar-refractivity contribution is -0.145. The fourth-order valence-corrected chi connectivity index (χ4v) is 2.51. The Balaban J connectivity index is 2.27. The molecule has 0 spiro atoms. The number of rotatable bonds is 7. The number of nitrogens with zero attached hydrogens (tertiary/aromatic N) is 1. The predicted molar refractivity (Wildman–Crippen MR) is 79.6 cm³/mol. The number of aromatic nitrogens is 2. The number of unbranched alkanes of at least 4 members (excludes halogenated alkanes) is 2. The van der Waals surface area contributed by atoms with Crippen LogP contribution in [0.4, 0.5) is 0 Å². The third kappa shape index (κ3) is 3.18. The van der Waals surface area contributed by atoms with Gasteiger partial charge in [0.15, 0.2) is 0 Å². The first kappa shape index (κ1) is 14.6. The van der Waals surface area contributed by atoms with Crippen molar-refractivity contribution < 1.29 is 9.53 Å². The molecule has 1 N–H and O–H groups in total. The molecule has 0 aliphatic heterocycles. The van der Waals surface area contributed by atoms with Crippen LogP contribution in [-0.4, -0.2) is 22.5 Å². The molecule has 2 heterocycles. The number of esters is 1. The maximum atomic E-state index is 12.2.